The van der Waals surface area contributed by atoms with E-state index in [1.54, 1.807) is 6.20 Å². The minimum Gasteiger partial charge on any atom is -0.353 e. The van der Waals surface area contributed by atoms with E-state index in [-0.39, 0.29) is 5.91 Å². The lowest BCUT2D eigenvalue weighted by molar-refractivity contribution is 0.0746. The second-order valence-electron chi connectivity index (χ2n) is 6.85. The van der Waals surface area contributed by atoms with Crippen molar-refractivity contribution in [3.8, 4) is 0 Å². The predicted octanol–water partition coefficient (Wildman–Crippen LogP) is 2.58. The number of pyridine rings is 1. The van der Waals surface area contributed by atoms with Crippen molar-refractivity contribution in [2.45, 2.75) is 0 Å². The molecule has 1 fully saturated rings. The van der Waals surface area contributed by atoms with Crippen LogP contribution in [0.5, 0.6) is 0 Å². The third-order valence-corrected chi connectivity index (χ3v) is 5.52. The van der Waals surface area contributed by atoms with E-state index in [2.05, 4.69) is 33.9 Å². The van der Waals surface area contributed by atoms with Gasteiger partial charge in [-0.2, -0.15) is 8.75 Å². The SMILES string of the molecule is O=C(c1ccc2nsnc2c1)N1CCN(c2cc(Nc3ccccn3)ncn2)CC1. The van der Waals surface area contributed by atoms with Crippen molar-refractivity contribution in [3.63, 3.8) is 0 Å². The molecule has 1 amide bonds. The van der Waals surface area contributed by atoms with Crippen molar-refractivity contribution in [3.05, 3.63) is 60.6 Å². The first-order chi connectivity index (χ1) is 14.8. The van der Waals surface area contributed by atoms with Crippen LogP contribution >= 0.6 is 11.7 Å². The zero-order chi connectivity index (χ0) is 20.3. The van der Waals surface area contributed by atoms with Gasteiger partial charge in [-0.15, -0.1) is 0 Å². The molecule has 0 atom stereocenters. The van der Waals surface area contributed by atoms with Gasteiger partial charge >= 0.3 is 0 Å². The number of fused-ring (bicyclic) bond motifs is 1. The van der Waals surface area contributed by atoms with Gasteiger partial charge in [0.1, 0.15) is 34.8 Å². The van der Waals surface area contributed by atoms with Crippen LogP contribution in [0.25, 0.3) is 11.0 Å². The number of piperazine rings is 1. The number of benzene rings is 1. The fourth-order valence-corrected chi connectivity index (χ4v) is 3.91. The van der Waals surface area contributed by atoms with Crippen molar-refractivity contribution in [2.75, 3.05) is 36.4 Å². The van der Waals surface area contributed by atoms with E-state index in [1.165, 1.54) is 6.33 Å². The number of rotatable bonds is 4. The molecule has 150 valence electrons. The monoisotopic (exact) mass is 418 g/mol. The molecule has 4 heterocycles. The maximum Gasteiger partial charge on any atom is 0.254 e. The first-order valence-corrected chi connectivity index (χ1v) is 10.3. The lowest BCUT2D eigenvalue weighted by atomic mass is 10.1. The molecule has 0 spiro atoms. The Morgan fingerprint density at radius 3 is 2.60 bits per heavy atom. The van der Waals surface area contributed by atoms with Gasteiger partial charge in [0.05, 0.1) is 11.7 Å². The highest BCUT2D eigenvalue weighted by Gasteiger charge is 2.23. The van der Waals surface area contributed by atoms with Crippen LogP contribution in [0.4, 0.5) is 17.5 Å². The van der Waals surface area contributed by atoms with Gasteiger partial charge in [0.25, 0.3) is 5.91 Å². The molecule has 1 aliphatic rings. The molecule has 30 heavy (non-hydrogen) atoms. The van der Waals surface area contributed by atoms with Gasteiger partial charge in [-0.05, 0) is 30.3 Å². The van der Waals surface area contributed by atoms with Crippen LogP contribution in [0.2, 0.25) is 0 Å². The average molecular weight is 418 g/mol. The molecule has 0 aliphatic carbocycles. The average Bonchev–Trinajstić information content (AvgIpc) is 3.28. The lowest BCUT2D eigenvalue weighted by Gasteiger charge is -2.35. The molecule has 1 aliphatic heterocycles. The highest BCUT2D eigenvalue weighted by atomic mass is 32.1. The summed E-state index contributed by atoms with van der Waals surface area (Å²) in [4.78, 5) is 29.8. The van der Waals surface area contributed by atoms with E-state index in [9.17, 15) is 4.79 Å². The smallest absolute Gasteiger partial charge is 0.254 e. The molecule has 3 aromatic heterocycles. The van der Waals surface area contributed by atoms with Crippen molar-refractivity contribution in [2.24, 2.45) is 0 Å². The van der Waals surface area contributed by atoms with E-state index in [0.717, 1.165) is 34.4 Å². The summed E-state index contributed by atoms with van der Waals surface area (Å²) in [6.45, 7) is 2.65. The summed E-state index contributed by atoms with van der Waals surface area (Å²) in [6, 6.07) is 13.0. The van der Waals surface area contributed by atoms with Crippen LogP contribution in [-0.2, 0) is 0 Å². The normalized spacial score (nSPS) is 14.1. The van der Waals surface area contributed by atoms with Gasteiger partial charge < -0.3 is 15.1 Å². The molecule has 1 N–H and O–H groups in total. The Hall–Kier alpha value is -3.66. The molecular formula is C20H18N8OS. The molecule has 10 heteroatoms. The molecule has 1 aromatic carbocycles. The highest BCUT2D eigenvalue weighted by Crippen LogP contribution is 2.20. The van der Waals surface area contributed by atoms with Gasteiger partial charge in [0, 0.05) is 44.0 Å². The van der Waals surface area contributed by atoms with Crippen molar-refractivity contribution in [1.82, 2.24) is 28.6 Å². The molecular weight excluding hydrogens is 400 g/mol. The second-order valence-corrected chi connectivity index (χ2v) is 7.38. The van der Waals surface area contributed by atoms with Crippen LogP contribution in [-0.4, -0.2) is 60.7 Å². The number of nitrogens with one attached hydrogen (secondary N) is 1. The van der Waals surface area contributed by atoms with Crippen molar-refractivity contribution >= 4 is 46.1 Å². The molecule has 0 radical (unpaired) electrons. The van der Waals surface area contributed by atoms with Crippen LogP contribution in [0.15, 0.2) is 55.0 Å². The maximum atomic E-state index is 12.9. The van der Waals surface area contributed by atoms with E-state index >= 15 is 0 Å². The molecule has 9 nitrogen and oxygen atoms in total. The van der Waals surface area contributed by atoms with Crippen LogP contribution < -0.4 is 10.2 Å². The van der Waals surface area contributed by atoms with Gasteiger partial charge in [-0.1, -0.05) is 6.07 Å². The van der Waals surface area contributed by atoms with Gasteiger partial charge in [0.2, 0.25) is 0 Å². The van der Waals surface area contributed by atoms with Crippen molar-refractivity contribution < 1.29 is 4.79 Å². The van der Waals surface area contributed by atoms with Gasteiger partial charge in [-0.25, -0.2) is 15.0 Å². The number of carbonyl (C=O) groups is 1. The number of hydrogen-bond donors (Lipinski definition) is 1. The van der Waals surface area contributed by atoms with E-state index in [1.807, 2.05) is 47.4 Å². The molecule has 0 saturated carbocycles. The Labute approximate surface area is 176 Å². The Bertz CT molecular complexity index is 1170. The van der Waals surface area contributed by atoms with Gasteiger partial charge in [-0.3, -0.25) is 4.79 Å². The summed E-state index contributed by atoms with van der Waals surface area (Å²) >= 11 is 1.16. The highest BCUT2D eigenvalue weighted by molar-refractivity contribution is 7.00. The Morgan fingerprint density at radius 2 is 1.77 bits per heavy atom. The van der Waals surface area contributed by atoms with Crippen LogP contribution in [0, 0.1) is 0 Å². The zero-order valence-corrected chi connectivity index (χ0v) is 16.8. The number of hydrogen-bond acceptors (Lipinski definition) is 9. The molecule has 1 saturated heterocycles. The minimum atomic E-state index is 0.0183. The third-order valence-electron chi connectivity index (χ3n) is 4.97. The summed E-state index contributed by atoms with van der Waals surface area (Å²) in [5.74, 6) is 2.25. The predicted molar refractivity (Wildman–Crippen MR) is 115 cm³/mol. The van der Waals surface area contributed by atoms with E-state index in [0.29, 0.717) is 37.6 Å². The molecule has 0 unspecified atom stereocenters. The standard InChI is InChI=1S/C20H18N8OS/c29-20(14-4-5-15-16(11-14)26-30-25-15)28-9-7-27(8-10-28)19-12-18(22-13-23-19)24-17-3-1-2-6-21-17/h1-6,11-13H,7-10H2,(H,21,22,23,24). The first kappa shape index (κ1) is 18.4. The number of carbonyl (C=O) groups excluding carboxylic acids is 1. The minimum absolute atomic E-state index is 0.0183. The van der Waals surface area contributed by atoms with E-state index in [4.69, 9.17) is 0 Å². The Balaban J connectivity index is 1.24. The zero-order valence-electron chi connectivity index (χ0n) is 16.0. The fourth-order valence-electron chi connectivity index (χ4n) is 3.39. The number of aromatic nitrogens is 5. The number of anilines is 3. The third kappa shape index (κ3) is 3.77. The van der Waals surface area contributed by atoms with Gasteiger partial charge in [0.15, 0.2) is 0 Å². The van der Waals surface area contributed by atoms with Crippen LogP contribution in [0.3, 0.4) is 0 Å². The van der Waals surface area contributed by atoms with E-state index < -0.39 is 0 Å². The fraction of sp³-hybridized carbons (Fsp3) is 0.200. The summed E-state index contributed by atoms with van der Waals surface area (Å²) in [5.41, 5.74) is 2.23. The summed E-state index contributed by atoms with van der Waals surface area (Å²) in [6.07, 6.45) is 3.26. The van der Waals surface area contributed by atoms with Crippen molar-refractivity contribution in [1.29, 1.82) is 0 Å². The first-order valence-electron chi connectivity index (χ1n) is 9.53. The molecule has 0 bridgehead atoms. The molecule has 5 rings (SSSR count). The number of amides is 1. The summed E-state index contributed by atoms with van der Waals surface area (Å²) < 4.78 is 8.41. The Morgan fingerprint density at radius 1 is 0.900 bits per heavy atom. The largest absolute Gasteiger partial charge is 0.353 e. The molecule has 4 aromatic rings. The topological polar surface area (TPSA) is 100 Å². The lowest BCUT2D eigenvalue weighted by Crippen LogP contribution is -2.49. The summed E-state index contributed by atoms with van der Waals surface area (Å²) in [5, 5.41) is 3.18. The summed E-state index contributed by atoms with van der Waals surface area (Å²) in [7, 11) is 0. The maximum absolute atomic E-state index is 12.9. The number of nitrogens with zero attached hydrogens (tertiary/aromatic N) is 7. The van der Waals surface area contributed by atoms with Crippen LogP contribution in [0.1, 0.15) is 10.4 Å². The quantitative estimate of drug-likeness (QED) is 0.540. The second kappa shape index (κ2) is 7.99. The Kier molecular flexibility index (Phi) is 4.89.